The van der Waals surface area contributed by atoms with Gasteiger partial charge in [0.15, 0.2) is 0 Å². The first-order valence-electron chi connectivity index (χ1n) is 10.4. The summed E-state index contributed by atoms with van der Waals surface area (Å²) < 4.78 is 28.6. The van der Waals surface area contributed by atoms with Gasteiger partial charge in [-0.05, 0) is 55.4 Å². The number of amides is 2. The Balaban J connectivity index is 1.77. The minimum atomic E-state index is -3.86. The maximum Gasteiger partial charge on any atom is 0.241 e. The first kappa shape index (κ1) is 21.8. The Bertz CT molecular complexity index is 876. The molecule has 1 atom stereocenters. The zero-order chi connectivity index (χ0) is 21.2. The van der Waals surface area contributed by atoms with Crippen LogP contribution in [0, 0.1) is 5.92 Å². The average Bonchev–Trinajstić information content (AvgIpc) is 3.29. The van der Waals surface area contributed by atoms with Gasteiger partial charge >= 0.3 is 0 Å². The zero-order valence-corrected chi connectivity index (χ0v) is 18.2. The van der Waals surface area contributed by atoms with Crippen LogP contribution in [0.4, 0.5) is 5.69 Å². The van der Waals surface area contributed by atoms with Gasteiger partial charge in [0.25, 0.3) is 0 Å². The van der Waals surface area contributed by atoms with Crippen molar-refractivity contribution < 1.29 is 18.0 Å². The van der Waals surface area contributed by atoms with E-state index in [1.807, 2.05) is 13.8 Å². The Kier molecular flexibility index (Phi) is 6.63. The number of sulfonamides is 1. The standard InChI is InChI=1S/C21H31N3O4S/c1-14(2)12-19(21(26)22-17-6-4-5-7-17)23-29(27,28)18-8-9-20-16(13-18)10-11-24(20)15(3)25/h8-9,13-14,17,19,23H,4-7,10-12H2,1-3H3,(H,22,26). The smallest absolute Gasteiger partial charge is 0.241 e. The molecule has 0 bridgehead atoms. The number of hydrogen-bond donors (Lipinski definition) is 2. The molecule has 1 aliphatic carbocycles. The molecule has 0 aromatic heterocycles. The second-order valence-corrected chi connectivity index (χ2v) is 10.2. The molecule has 1 aliphatic heterocycles. The van der Waals surface area contributed by atoms with Crippen LogP contribution in [0.1, 0.15) is 58.4 Å². The lowest BCUT2D eigenvalue weighted by atomic mass is 10.0. The Morgan fingerprint density at radius 3 is 2.52 bits per heavy atom. The minimum Gasteiger partial charge on any atom is -0.352 e. The number of carbonyl (C=O) groups excluding carboxylic acids is 2. The highest BCUT2D eigenvalue weighted by Gasteiger charge is 2.30. The summed E-state index contributed by atoms with van der Waals surface area (Å²) in [5, 5.41) is 3.01. The van der Waals surface area contributed by atoms with Crippen LogP contribution in [0.3, 0.4) is 0 Å². The molecule has 3 rings (SSSR count). The third-order valence-corrected chi connectivity index (χ3v) is 7.13. The Morgan fingerprint density at radius 2 is 1.90 bits per heavy atom. The van der Waals surface area contributed by atoms with Crippen molar-refractivity contribution in [2.45, 2.75) is 76.3 Å². The second-order valence-electron chi connectivity index (χ2n) is 8.50. The van der Waals surface area contributed by atoms with Gasteiger partial charge in [-0.1, -0.05) is 26.7 Å². The van der Waals surface area contributed by atoms with Crippen LogP contribution in [0.15, 0.2) is 23.1 Å². The third kappa shape index (κ3) is 5.17. The van der Waals surface area contributed by atoms with E-state index in [9.17, 15) is 18.0 Å². The molecule has 1 aromatic carbocycles. The predicted octanol–water partition coefficient (Wildman–Crippen LogP) is 2.35. The molecule has 1 aromatic rings. The van der Waals surface area contributed by atoms with E-state index < -0.39 is 16.1 Å². The van der Waals surface area contributed by atoms with E-state index in [0.29, 0.717) is 19.4 Å². The lowest BCUT2D eigenvalue weighted by Gasteiger charge is -2.22. The van der Waals surface area contributed by atoms with Crippen molar-refractivity contribution in [3.63, 3.8) is 0 Å². The van der Waals surface area contributed by atoms with Crippen molar-refractivity contribution in [3.8, 4) is 0 Å². The van der Waals surface area contributed by atoms with Crippen molar-refractivity contribution in [1.29, 1.82) is 0 Å². The van der Waals surface area contributed by atoms with E-state index in [-0.39, 0.29) is 28.7 Å². The van der Waals surface area contributed by atoms with Crippen LogP contribution in [0.5, 0.6) is 0 Å². The summed E-state index contributed by atoms with van der Waals surface area (Å²) in [6.07, 6.45) is 5.14. The monoisotopic (exact) mass is 421 g/mol. The number of rotatable bonds is 7. The van der Waals surface area contributed by atoms with Crippen molar-refractivity contribution in [1.82, 2.24) is 10.0 Å². The van der Waals surface area contributed by atoms with Crippen molar-refractivity contribution in [3.05, 3.63) is 23.8 Å². The molecule has 1 heterocycles. The number of nitrogens with one attached hydrogen (secondary N) is 2. The Hall–Kier alpha value is -1.93. The summed E-state index contributed by atoms with van der Waals surface area (Å²) in [6.45, 7) is 5.99. The molecule has 0 spiro atoms. The van der Waals surface area contributed by atoms with Crippen molar-refractivity contribution in [2.75, 3.05) is 11.4 Å². The van der Waals surface area contributed by atoms with Crippen molar-refractivity contribution in [2.24, 2.45) is 5.92 Å². The second kappa shape index (κ2) is 8.83. The van der Waals surface area contributed by atoms with E-state index >= 15 is 0 Å². The summed E-state index contributed by atoms with van der Waals surface area (Å²) >= 11 is 0. The molecular weight excluding hydrogens is 390 g/mol. The van der Waals surface area contributed by atoms with Crippen LogP contribution in [-0.4, -0.2) is 38.9 Å². The average molecular weight is 422 g/mol. The first-order valence-corrected chi connectivity index (χ1v) is 11.9. The molecule has 160 valence electrons. The Morgan fingerprint density at radius 1 is 1.21 bits per heavy atom. The fourth-order valence-electron chi connectivity index (χ4n) is 4.18. The molecular formula is C21H31N3O4S. The SMILES string of the molecule is CC(=O)N1CCc2cc(S(=O)(=O)NC(CC(C)C)C(=O)NC3CCCC3)ccc21. The topological polar surface area (TPSA) is 95.6 Å². The molecule has 1 unspecified atom stereocenters. The molecule has 7 nitrogen and oxygen atoms in total. The quantitative estimate of drug-likeness (QED) is 0.706. The van der Waals surface area contributed by atoms with Crippen LogP contribution in [0.25, 0.3) is 0 Å². The molecule has 8 heteroatoms. The van der Waals surface area contributed by atoms with E-state index in [2.05, 4.69) is 10.0 Å². The Labute approximate surface area is 173 Å². The van der Waals surface area contributed by atoms with Gasteiger partial charge in [-0.25, -0.2) is 8.42 Å². The van der Waals surface area contributed by atoms with Gasteiger partial charge < -0.3 is 10.2 Å². The van der Waals surface area contributed by atoms with Gasteiger partial charge in [0.05, 0.1) is 4.90 Å². The molecule has 29 heavy (non-hydrogen) atoms. The zero-order valence-electron chi connectivity index (χ0n) is 17.4. The van der Waals surface area contributed by atoms with E-state index in [0.717, 1.165) is 36.9 Å². The normalized spacial score (nSPS) is 18.1. The largest absolute Gasteiger partial charge is 0.352 e. The number of anilines is 1. The molecule has 0 saturated heterocycles. The summed E-state index contributed by atoms with van der Waals surface area (Å²) in [6, 6.07) is 4.13. The van der Waals surface area contributed by atoms with Crippen LogP contribution in [-0.2, 0) is 26.0 Å². The molecule has 2 amide bonds. The van der Waals surface area contributed by atoms with Crippen molar-refractivity contribution >= 4 is 27.5 Å². The summed E-state index contributed by atoms with van der Waals surface area (Å²) in [5.74, 6) is -0.141. The minimum absolute atomic E-state index is 0.0573. The van der Waals surface area contributed by atoms with Gasteiger partial charge in [-0.3, -0.25) is 9.59 Å². The number of benzene rings is 1. The molecule has 2 aliphatic rings. The number of hydrogen-bond acceptors (Lipinski definition) is 4. The predicted molar refractivity (Wildman–Crippen MR) is 112 cm³/mol. The lowest BCUT2D eigenvalue weighted by molar-refractivity contribution is -0.123. The van der Waals surface area contributed by atoms with E-state index in [1.165, 1.54) is 13.0 Å². The number of nitrogens with zero attached hydrogens (tertiary/aromatic N) is 1. The van der Waals surface area contributed by atoms with Gasteiger partial charge in [0.2, 0.25) is 21.8 Å². The van der Waals surface area contributed by atoms with E-state index in [4.69, 9.17) is 0 Å². The third-order valence-electron chi connectivity index (χ3n) is 5.66. The van der Waals surface area contributed by atoms with Gasteiger partial charge in [0, 0.05) is 25.2 Å². The number of fused-ring (bicyclic) bond motifs is 1. The molecule has 1 fully saturated rings. The fourth-order valence-corrected chi connectivity index (χ4v) is 5.44. The van der Waals surface area contributed by atoms with Crippen LogP contribution in [0.2, 0.25) is 0 Å². The number of carbonyl (C=O) groups is 2. The van der Waals surface area contributed by atoms with Crippen LogP contribution >= 0.6 is 0 Å². The first-order chi connectivity index (χ1) is 13.7. The molecule has 0 radical (unpaired) electrons. The summed E-state index contributed by atoms with van der Waals surface area (Å²) in [7, 11) is -3.86. The molecule has 2 N–H and O–H groups in total. The highest BCUT2D eigenvalue weighted by molar-refractivity contribution is 7.89. The summed E-state index contributed by atoms with van der Waals surface area (Å²) in [4.78, 5) is 26.3. The highest BCUT2D eigenvalue weighted by Crippen LogP contribution is 2.30. The maximum atomic E-state index is 13.0. The van der Waals surface area contributed by atoms with E-state index in [1.54, 1.807) is 17.0 Å². The van der Waals surface area contributed by atoms with Gasteiger partial charge in [-0.15, -0.1) is 0 Å². The molecule has 1 saturated carbocycles. The van der Waals surface area contributed by atoms with Gasteiger partial charge in [-0.2, -0.15) is 4.72 Å². The summed E-state index contributed by atoms with van der Waals surface area (Å²) in [5.41, 5.74) is 1.59. The maximum absolute atomic E-state index is 13.0. The van der Waals surface area contributed by atoms with Gasteiger partial charge in [0.1, 0.15) is 6.04 Å². The van der Waals surface area contributed by atoms with Crippen LogP contribution < -0.4 is 14.9 Å². The highest BCUT2D eigenvalue weighted by atomic mass is 32.2. The lowest BCUT2D eigenvalue weighted by Crippen LogP contribution is -2.49. The fraction of sp³-hybridized carbons (Fsp3) is 0.619.